The van der Waals surface area contributed by atoms with Crippen LogP contribution in [0.15, 0.2) is 18.2 Å². The molecule has 5 heterocycles. The van der Waals surface area contributed by atoms with Gasteiger partial charge in [-0.15, -0.1) is 0 Å². The number of pyridine rings is 1. The molecule has 0 spiro atoms. The van der Waals surface area contributed by atoms with Crippen LogP contribution in [-0.4, -0.2) is 70.2 Å². The summed E-state index contributed by atoms with van der Waals surface area (Å²) in [6.45, 7) is 8.17. The molecular formula is C22H30N8O2. The second kappa shape index (κ2) is 8.97. The van der Waals surface area contributed by atoms with Gasteiger partial charge in [0, 0.05) is 38.5 Å². The Hall–Kier alpha value is -2.82. The minimum atomic E-state index is 0.380. The minimum absolute atomic E-state index is 0.380. The molecule has 10 nitrogen and oxygen atoms in total. The number of hydrogen-bond donors (Lipinski definition) is 2. The predicted octanol–water partition coefficient (Wildman–Crippen LogP) is 1.87. The minimum Gasteiger partial charge on any atom is -0.380 e. The molecule has 0 radical (unpaired) electrons. The molecule has 5 rings (SSSR count). The van der Waals surface area contributed by atoms with Crippen molar-refractivity contribution < 1.29 is 9.47 Å². The van der Waals surface area contributed by atoms with Crippen LogP contribution in [0, 0.1) is 0 Å². The fourth-order valence-electron chi connectivity index (χ4n) is 4.25. The highest BCUT2D eigenvalue weighted by Gasteiger charge is 2.47. The average Bonchev–Trinajstić information content (AvgIpc) is 3.13. The highest BCUT2D eigenvalue weighted by atomic mass is 16.5. The van der Waals surface area contributed by atoms with Gasteiger partial charge in [0.15, 0.2) is 5.82 Å². The van der Waals surface area contributed by atoms with Crippen molar-refractivity contribution in [2.45, 2.75) is 45.5 Å². The van der Waals surface area contributed by atoms with Gasteiger partial charge in [-0.1, -0.05) is 13.0 Å². The molecule has 2 aliphatic heterocycles. The molecule has 3 aromatic heterocycles. The largest absolute Gasteiger partial charge is 0.380 e. The Balaban J connectivity index is 1.59. The number of piperazine rings is 1. The van der Waals surface area contributed by atoms with Crippen molar-refractivity contribution in [3.8, 4) is 0 Å². The lowest BCUT2D eigenvalue weighted by molar-refractivity contribution is 0.136. The average molecular weight is 439 g/mol. The van der Waals surface area contributed by atoms with Crippen LogP contribution in [0.2, 0.25) is 0 Å². The van der Waals surface area contributed by atoms with Gasteiger partial charge in [0.2, 0.25) is 5.95 Å². The summed E-state index contributed by atoms with van der Waals surface area (Å²) in [5, 5.41) is 11.7. The van der Waals surface area contributed by atoms with Crippen LogP contribution in [-0.2, 0) is 29.0 Å². The molecule has 2 fully saturated rings. The van der Waals surface area contributed by atoms with Gasteiger partial charge < -0.3 is 25.0 Å². The van der Waals surface area contributed by atoms with Gasteiger partial charge in [0.05, 0.1) is 25.8 Å². The Morgan fingerprint density at radius 3 is 2.81 bits per heavy atom. The first kappa shape index (κ1) is 21.0. The molecule has 0 aliphatic carbocycles. The molecule has 10 heteroatoms. The van der Waals surface area contributed by atoms with Crippen LogP contribution in [0.4, 0.5) is 17.6 Å². The van der Waals surface area contributed by atoms with E-state index in [0.717, 1.165) is 53.7 Å². The zero-order valence-electron chi connectivity index (χ0n) is 18.8. The van der Waals surface area contributed by atoms with Crippen LogP contribution < -0.4 is 15.5 Å². The van der Waals surface area contributed by atoms with Gasteiger partial charge in [-0.25, -0.2) is 9.97 Å². The molecule has 0 amide bonds. The Morgan fingerprint density at radius 1 is 1.22 bits per heavy atom. The topological polar surface area (TPSA) is 102 Å². The standard InChI is InChI=1S/C22H30N8O2/c1-4-14-7-6-8-18(24-14)25-21-20-19(16(13-31-3)28-30(20)9-10-32-5-2)26-22(27-21)29-12-15-17(29)11-23-15/h6-8,15,17,23H,4-5,9-13H2,1-3H3,(H,24,25,26,27)/t15-,17?/m1/s1. The number of nitrogens with one attached hydrogen (secondary N) is 2. The Labute approximate surface area is 187 Å². The van der Waals surface area contributed by atoms with Crippen LogP contribution in [0.5, 0.6) is 0 Å². The molecule has 1 unspecified atom stereocenters. The zero-order chi connectivity index (χ0) is 22.1. The summed E-state index contributed by atoms with van der Waals surface area (Å²) in [5.74, 6) is 2.18. The third kappa shape index (κ3) is 3.78. The van der Waals surface area contributed by atoms with Crippen molar-refractivity contribution in [3.63, 3.8) is 0 Å². The number of aromatic nitrogens is 5. The van der Waals surface area contributed by atoms with Crippen LogP contribution >= 0.6 is 0 Å². The lowest BCUT2D eigenvalue weighted by Crippen LogP contribution is -2.78. The predicted molar refractivity (Wildman–Crippen MR) is 122 cm³/mol. The van der Waals surface area contributed by atoms with Crippen LogP contribution in [0.1, 0.15) is 25.2 Å². The van der Waals surface area contributed by atoms with Gasteiger partial charge in [-0.3, -0.25) is 4.68 Å². The Morgan fingerprint density at radius 2 is 2.12 bits per heavy atom. The first-order chi connectivity index (χ1) is 15.7. The molecule has 0 saturated carbocycles. The van der Waals surface area contributed by atoms with E-state index in [1.54, 1.807) is 7.11 Å². The highest BCUT2D eigenvalue weighted by Crippen LogP contribution is 2.33. The smallest absolute Gasteiger partial charge is 0.228 e. The van der Waals surface area contributed by atoms with E-state index in [-0.39, 0.29) is 0 Å². The molecule has 2 aliphatic rings. The fraction of sp³-hybridized carbons (Fsp3) is 0.545. The number of hydrogen-bond acceptors (Lipinski definition) is 9. The first-order valence-corrected chi connectivity index (χ1v) is 11.3. The summed E-state index contributed by atoms with van der Waals surface area (Å²) in [4.78, 5) is 16.9. The second-order valence-corrected chi connectivity index (χ2v) is 8.10. The molecular weight excluding hydrogens is 408 g/mol. The van der Waals surface area contributed by atoms with E-state index in [9.17, 15) is 0 Å². The molecule has 0 aromatic carbocycles. The third-order valence-corrected chi connectivity index (χ3v) is 6.10. The maximum absolute atomic E-state index is 5.59. The summed E-state index contributed by atoms with van der Waals surface area (Å²) < 4.78 is 12.9. The molecule has 0 bridgehead atoms. The summed E-state index contributed by atoms with van der Waals surface area (Å²) in [5.41, 5.74) is 3.47. The van der Waals surface area contributed by atoms with E-state index in [2.05, 4.69) is 22.5 Å². The summed E-state index contributed by atoms with van der Waals surface area (Å²) in [6, 6.07) is 7.00. The normalized spacial score (nSPS) is 19.5. The lowest BCUT2D eigenvalue weighted by Gasteiger charge is -2.56. The molecule has 3 aromatic rings. The Kier molecular flexibility index (Phi) is 5.90. The quantitative estimate of drug-likeness (QED) is 0.459. The highest BCUT2D eigenvalue weighted by molar-refractivity contribution is 5.90. The van der Waals surface area contributed by atoms with Gasteiger partial charge in [0.1, 0.15) is 22.5 Å². The number of aryl methyl sites for hydroxylation is 1. The number of rotatable bonds is 10. The van der Waals surface area contributed by atoms with Crippen molar-refractivity contribution in [2.24, 2.45) is 0 Å². The summed E-state index contributed by atoms with van der Waals surface area (Å²) >= 11 is 0. The van der Waals surface area contributed by atoms with Crippen molar-refractivity contribution in [1.82, 2.24) is 30.0 Å². The van der Waals surface area contributed by atoms with Crippen molar-refractivity contribution in [2.75, 3.05) is 43.6 Å². The van der Waals surface area contributed by atoms with Crippen molar-refractivity contribution in [3.05, 3.63) is 29.6 Å². The van der Waals surface area contributed by atoms with Crippen LogP contribution in [0.25, 0.3) is 11.0 Å². The SMILES string of the molecule is CCOCCn1nc(COC)c2nc(N3C[C@H]4NCC43)nc(Nc3cccc(CC)n3)c21. The van der Waals surface area contributed by atoms with Crippen LogP contribution in [0.3, 0.4) is 0 Å². The number of nitrogens with zero attached hydrogens (tertiary/aromatic N) is 6. The van der Waals surface area contributed by atoms with Gasteiger partial charge in [-0.05, 0) is 25.5 Å². The van der Waals surface area contributed by atoms with E-state index in [1.807, 2.05) is 29.8 Å². The maximum Gasteiger partial charge on any atom is 0.228 e. The second-order valence-electron chi connectivity index (χ2n) is 8.10. The Bertz CT molecular complexity index is 1100. The van der Waals surface area contributed by atoms with Crippen molar-refractivity contribution in [1.29, 1.82) is 0 Å². The molecule has 2 saturated heterocycles. The number of methoxy groups -OCH3 is 1. The molecule has 170 valence electrons. The van der Waals surface area contributed by atoms with E-state index in [1.165, 1.54) is 0 Å². The number of fused-ring (bicyclic) bond motifs is 2. The summed E-state index contributed by atoms with van der Waals surface area (Å²) in [6.07, 6.45) is 0.869. The van der Waals surface area contributed by atoms with E-state index in [0.29, 0.717) is 44.3 Å². The fourth-order valence-corrected chi connectivity index (χ4v) is 4.25. The van der Waals surface area contributed by atoms with E-state index >= 15 is 0 Å². The van der Waals surface area contributed by atoms with Crippen molar-refractivity contribution >= 4 is 28.6 Å². The molecule has 2 atom stereocenters. The van der Waals surface area contributed by atoms with Gasteiger partial charge >= 0.3 is 0 Å². The van der Waals surface area contributed by atoms with E-state index < -0.39 is 0 Å². The van der Waals surface area contributed by atoms with Gasteiger partial charge in [-0.2, -0.15) is 10.1 Å². The first-order valence-electron chi connectivity index (χ1n) is 11.3. The van der Waals surface area contributed by atoms with E-state index in [4.69, 9.17) is 29.5 Å². The third-order valence-electron chi connectivity index (χ3n) is 6.10. The maximum atomic E-state index is 5.59. The lowest BCUT2D eigenvalue weighted by atomic mass is 9.89. The number of ether oxygens (including phenoxy) is 2. The monoisotopic (exact) mass is 438 g/mol. The van der Waals surface area contributed by atoms with Gasteiger partial charge in [0.25, 0.3) is 0 Å². The zero-order valence-corrected chi connectivity index (χ0v) is 18.8. The molecule has 32 heavy (non-hydrogen) atoms. The molecule has 2 N–H and O–H groups in total. The number of anilines is 3. The summed E-state index contributed by atoms with van der Waals surface area (Å²) in [7, 11) is 1.67.